The number of hydrogen-bond donors (Lipinski definition) is 1. The van der Waals surface area contributed by atoms with Crippen molar-refractivity contribution in [3.63, 3.8) is 0 Å². The lowest BCUT2D eigenvalue weighted by molar-refractivity contribution is 0.175. The second-order valence-electron chi connectivity index (χ2n) is 8.22. The number of amidine groups is 1. The summed E-state index contributed by atoms with van der Waals surface area (Å²) in [6.45, 7) is 7.56. The quantitative estimate of drug-likeness (QED) is 0.336. The van der Waals surface area contributed by atoms with E-state index >= 15 is 0 Å². The molecule has 1 heterocycles. The molecule has 1 fully saturated rings. The summed E-state index contributed by atoms with van der Waals surface area (Å²) in [5.41, 5.74) is 3.39. The van der Waals surface area contributed by atoms with Gasteiger partial charge in [-0.1, -0.05) is 79.7 Å². The molecule has 0 bridgehead atoms. The van der Waals surface area contributed by atoms with Crippen LogP contribution in [-0.2, 0) is 6.61 Å². The Labute approximate surface area is 209 Å². The van der Waals surface area contributed by atoms with Crippen molar-refractivity contribution in [2.24, 2.45) is 0 Å². The Bertz CT molecular complexity index is 977. The first-order valence-corrected chi connectivity index (χ1v) is 11.1. The van der Waals surface area contributed by atoms with E-state index in [1.807, 2.05) is 42.5 Å². The highest BCUT2D eigenvalue weighted by atomic mass is 35.5. The van der Waals surface area contributed by atoms with Gasteiger partial charge in [-0.05, 0) is 29.2 Å². The normalized spacial score (nSPS) is 14.5. The maximum Gasteiger partial charge on any atom is 0.131 e. The van der Waals surface area contributed by atoms with Gasteiger partial charge in [0.05, 0.1) is 5.56 Å². The lowest BCUT2D eigenvalue weighted by atomic mass is 10.0. The third kappa shape index (κ3) is 7.23. The molecule has 33 heavy (non-hydrogen) atoms. The van der Waals surface area contributed by atoms with Crippen LogP contribution in [0.15, 0.2) is 84.9 Å². The minimum Gasteiger partial charge on any atom is -0.488 e. The number of benzene rings is 3. The molecule has 4 nitrogen and oxygen atoms in total. The zero-order valence-corrected chi connectivity index (χ0v) is 20.7. The molecule has 0 saturated carbocycles. The van der Waals surface area contributed by atoms with Gasteiger partial charge in [-0.15, -0.1) is 24.8 Å². The van der Waals surface area contributed by atoms with Crippen LogP contribution in [0, 0.1) is 5.41 Å². The molecule has 1 saturated heterocycles. The van der Waals surface area contributed by atoms with E-state index in [9.17, 15) is 0 Å². The van der Waals surface area contributed by atoms with Crippen molar-refractivity contribution in [1.29, 1.82) is 5.41 Å². The summed E-state index contributed by atoms with van der Waals surface area (Å²) < 4.78 is 6.08. The van der Waals surface area contributed by atoms with Crippen LogP contribution in [-0.4, -0.2) is 48.4 Å². The van der Waals surface area contributed by atoms with Gasteiger partial charge >= 0.3 is 0 Å². The fourth-order valence-corrected chi connectivity index (χ4v) is 4.12. The molecule has 1 aliphatic heterocycles. The third-order valence-electron chi connectivity index (χ3n) is 5.97. The van der Waals surface area contributed by atoms with Crippen molar-refractivity contribution in [3.8, 4) is 5.75 Å². The SMILES string of the molecule is CC(CN1CCN(C(=N)c2ccccc2OCc2ccccc2)CC1)c1ccccc1.Cl.Cl. The van der Waals surface area contributed by atoms with Gasteiger partial charge in [-0.3, -0.25) is 10.3 Å². The maximum atomic E-state index is 8.82. The molecule has 6 heteroatoms. The molecule has 0 radical (unpaired) electrons. The summed E-state index contributed by atoms with van der Waals surface area (Å²) >= 11 is 0. The largest absolute Gasteiger partial charge is 0.488 e. The molecule has 1 unspecified atom stereocenters. The number of piperazine rings is 1. The van der Waals surface area contributed by atoms with Crippen molar-refractivity contribution in [3.05, 3.63) is 102 Å². The van der Waals surface area contributed by atoms with E-state index in [2.05, 4.69) is 59.2 Å². The molecule has 176 valence electrons. The average Bonchev–Trinajstić information content (AvgIpc) is 2.84. The van der Waals surface area contributed by atoms with Gasteiger partial charge in [-0.2, -0.15) is 0 Å². The number of rotatable bonds is 7. The molecule has 0 aromatic heterocycles. The highest BCUT2D eigenvalue weighted by Crippen LogP contribution is 2.23. The smallest absolute Gasteiger partial charge is 0.131 e. The first kappa shape index (κ1) is 26.7. The second-order valence-corrected chi connectivity index (χ2v) is 8.22. The van der Waals surface area contributed by atoms with E-state index in [-0.39, 0.29) is 24.8 Å². The van der Waals surface area contributed by atoms with E-state index in [4.69, 9.17) is 10.1 Å². The minimum absolute atomic E-state index is 0. The van der Waals surface area contributed by atoms with Gasteiger partial charge in [0.2, 0.25) is 0 Å². The predicted octanol–water partition coefficient (Wildman–Crippen LogP) is 5.86. The monoisotopic (exact) mass is 485 g/mol. The van der Waals surface area contributed by atoms with Crippen molar-refractivity contribution < 1.29 is 4.74 Å². The van der Waals surface area contributed by atoms with E-state index in [0.29, 0.717) is 18.4 Å². The first-order chi connectivity index (χ1) is 15.2. The number of ether oxygens (including phenoxy) is 1. The predicted molar refractivity (Wildman–Crippen MR) is 141 cm³/mol. The zero-order chi connectivity index (χ0) is 21.5. The summed E-state index contributed by atoms with van der Waals surface area (Å²) in [5.74, 6) is 1.84. The number of hydrogen-bond acceptors (Lipinski definition) is 3. The summed E-state index contributed by atoms with van der Waals surface area (Å²) in [6.07, 6.45) is 0. The molecule has 3 aromatic carbocycles. The van der Waals surface area contributed by atoms with Gasteiger partial charge in [0.15, 0.2) is 0 Å². The van der Waals surface area contributed by atoms with Crippen LogP contribution in [0.5, 0.6) is 5.75 Å². The Morgan fingerprint density at radius 3 is 2.06 bits per heavy atom. The molecular formula is C27H33Cl2N3O. The fraction of sp³-hybridized carbons (Fsp3) is 0.296. The molecule has 1 aliphatic rings. The average molecular weight is 486 g/mol. The molecule has 3 aromatic rings. The Kier molecular flexibility index (Phi) is 10.7. The number of para-hydroxylation sites is 1. The standard InChI is InChI=1S/C27H31N3O.2ClH/c1-22(24-12-6-3-7-13-24)20-29-16-18-30(19-17-29)27(28)25-14-8-9-15-26(25)31-21-23-10-4-2-5-11-23;;/h2-15,22,28H,16-21H2,1H3;2*1H. The van der Waals surface area contributed by atoms with Gasteiger partial charge in [0.25, 0.3) is 0 Å². The Morgan fingerprint density at radius 2 is 1.39 bits per heavy atom. The van der Waals surface area contributed by atoms with Crippen molar-refractivity contribution >= 4 is 30.6 Å². The minimum atomic E-state index is 0. The van der Waals surface area contributed by atoms with Crippen LogP contribution in [0.3, 0.4) is 0 Å². The summed E-state index contributed by atoms with van der Waals surface area (Å²) in [6, 6.07) is 28.8. The van der Waals surface area contributed by atoms with Gasteiger partial charge in [0, 0.05) is 32.7 Å². The van der Waals surface area contributed by atoms with Crippen molar-refractivity contribution in [2.45, 2.75) is 19.4 Å². The molecule has 0 spiro atoms. The number of halogens is 2. The molecule has 1 atom stereocenters. The Hall–Kier alpha value is -2.53. The Balaban J connectivity index is 0.00000193. The molecular weight excluding hydrogens is 453 g/mol. The lowest BCUT2D eigenvalue weighted by Gasteiger charge is -2.37. The highest BCUT2D eigenvalue weighted by Gasteiger charge is 2.23. The van der Waals surface area contributed by atoms with Crippen LogP contribution < -0.4 is 4.74 Å². The van der Waals surface area contributed by atoms with Crippen LogP contribution in [0.4, 0.5) is 0 Å². The van der Waals surface area contributed by atoms with E-state index in [1.54, 1.807) is 0 Å². The van der Waals surface area contributed by atoms with Crippen LogP contribution in [0.25, 0.3) is 0 Å². The highest BCUT2D eigenvalue weighted by molar-refractivity contribution is 5.99. The number of nitrogens with zero attached hydrogens (tertiary/aromatic N) is 2. The van der Waals surface area contributed by atoms with E-state index in [1.165, 1.54) is 5.56 Å². The van der Waals surface area contributed by atoms with Crippen LogP contribution in [0.1, 0.15) is 29.5 Å². The lowest BCUT2D eigenvalue weighted by Crippen LogP contribution is -2.49. The van der Waals surface area contributed by atoms with E-state index in [0.717, 1.165) is 49.6 Å². The maximum absolute atomic E-state index is 8.82. The number of nitrogens with one attached hydrogen (secondary N) is 1. The topological polar surface area (TPSA) is 39.6 Å². The zero-order valence-electron chi connectivity index (χ0n) is 19.0. The second kappa shape index (κ2) is 13.2. The molecule has 1 N–H and O–H groups in total. The van der Waals surface area contributed by atoms with Crippen LogP contribution >= 0.6 is 24.8 Å². The van der Waals surface area contributed by atoms with Crippen molar-refractivity contribution in [2.75, 3.05) is 32.7 Å². The van der Waals surface area contributed by atoms with Crippen molar-refractivity contribution in [1.82, 2.24) is 9.80 Å². The van der Waals surface area contributed by atoms with Gasteiger partial charge in [-0.25, -0.2) is 0 Å². The van der Waals surface area contributed by atoms with Crippen LogP contribution in [0.2, 0.25) is 0 Å². The summed E-state index contributed by atoms with van der Waals surface area (Å²) in [4.78, 5) is 4.69. The fourth-order valence-electron chi connectivity index (χ4n) is 4.12. The summed E-state index contributed by atoms with van der Waals surface area (Å²) in [5, 5.41) is 8.82. The first-order valence-electron chi connectivity index (χ1n) is 11.1. The molecule has 4 rings (SSSR count). The van der Waals surface area contributed by atoms with Gasteiger partial charge in [0.1, 0.15) is 18.2 Å². The van der Waals surface area contributed by atoms with E-state index < -0.39 is 0 Å². The summed E-state index contributed by atoms with van der Waals surface area (Å²) in [7, 11) is 0. The molecule has 0 aliphatic carbocycles. The van der Waals surface area contributed by atoms with Gasteiger partial charge < -0.3 is 9.64 Å². The Morgan fingerprint density at radius 1 is 0.818 bits per heavy atom. The third-order valence-corrected chi connectivity index (χ3v) is 5.97. The molecule has 0 amide bonds.